The summed E-state index contributed by atoms with van der Waals surface area (Å²) in [5.41, 5.74) is 4.41. The largest absolute Gasteiger partial charge is 0.447 e. The van der Waals surface area contributed by atoms with Crippen molar-refractivity contribution in [3.05, 3.63) is 29.3 Å². The number of benzene rings is 1. The molecule has 1 aromatic carbocycles. The van der Waals surface area contributed by atoms with Crippen LogP contribution in [0.4, 0.5) is 0 Å². The van der Waals surface area contributed by atoms with Gasteiger partial charge in [0.15, 0.2) is 0 Å². The maximum Gasteiger partial charge on any atom is 0.320 e. The Bertz CT molecular complexity index is 433. The van der Waals surface area contributed by atoms with Gasteiger partial charge in [0, 0.05) is 0 Å². The van der Waals surface area contributed by atoms with Gasteiger partial charge in [0.25, 0.3) is 0 Å². The fourth-order valence-electron chi connectivity index (χ4n) is 2.87. The number of hydrogen-bond acceptors (Lipinski definition) is 1. The van der Waals surface area contributed by atoms with E-state index in [2.05, 4.69) is 45.9 Å². The van der Waals surface area contributed by atoms with E-state index in [1.165, 1.54) is 24.0 Å². The van der Waals surface area contributed by atoms with Crippen LogP contribution in [0.15, 0.2) is 18.2 Å². The van der Waals surface area contributed by atoms with E-state index in [4.69, 9.17) is 0 Å². The summed E-state index contributed by atoms with van der Waals surface area (Å²) in [7, 11) is 0. The van der Waals surface area contributed by atoms with Crippen LogP contribution in [0.2, 0.25) is 6.82 Å². The molecule has 2 heteroatoms. The highest BCUT2D eigenvalue weighted by atomic mass is 16.2. The minimum Gasteiger partial charge on any atom is -0.447 e. The monoisotopic (exact) mass is 230 g/mol. The van der Waals surface area contributed by atoms with Crippen LogP contribution >= 0.6 is 0 Å². The molecule has 0 aliphatic heterocycles. The molecule has 0 bridgehead atoms. The van der Waals surface area contributed by atoms with E-state index < -0.39 is 0 Å². The predicted molar refractivity (Wildman–Crippen MR) is 75.2 cm³/mol. The van der Waals surface area contributed by atoms with Crippen LogP contribution in [0.5, 0.6) is 0 Å². The van der Waals surface area contributed by atoms with Crippen LogP contribution in [0.3, 0.4) is 0 Å². The molecule has 1 nitrogen and oxygen atoms in total. The van der Waals surface area contributed by atoms with Crippen molar-refractivity contribution in [2.45, 2.75) is 58.2 Å². The first-order valence-corrected chi connectivity index (χ1v) is 6.57. The second-order valence-corrected chi connectivity index (χ2v) is 6.75. The third kappa shape index (κ3) is 2.15. The van der Waals surface area contributed by atoms with E-state index in [1.54, 1.807) is 0 Å². The van der Waals surface area contributed by atoms with Crippen LogP contribution in [-0.2, 0) is 10.8 Å². The van der Waals surface area contributed by atoms with E-state index in [-0.39, 0.29) is 17.7 Å². The zero-order valence-electron chi connectivity index (χ0n) is 11.7. The molecule has 0 saturated carbocycles. The Balaban J connectivity index is 2.60. The molecule has 92 valence electrons. The SMILES string of the molecule is CB(O)c1ccc2c(c1)C(C)(C)CCC2(C)C. The molecule has 0 atom stereocenters. The van der Waals surface area contributed by atoms with Crippen LogP contribution in [0.25, 0.3) is 0 Å². The fourth-order valence-corrected chi connectivity index (χ4v) is 2.87. The zero-order chi connectivity index (χ0) is 12.8. The molecule has 1 aromatic rings. The summed E-state index contributed by atoms with van der Waals surface area (Å²) in [5.74, 6) is 0. The lowest BCUT2D eigenvalue weighted by molar-refractivity contribution is 0.332. The minimum atomic E-state index is -0.374. The highest BCUT2D eigenvalue weighted by Crippen LogP contribution is 2.45. The third-order valence-corrected chi connectivity index (χ3v) is 4.36. The molecule has 17 heavy (non-hydrogen) atoms. The third-order valence-electron chi connectivity index (χ3n) is 4.36. The number of fused-ring (bicyclic) bond motifs is 1. The Morgan fingerprint density at radius 1 is 1.00 bits per heavy atom. The van der Waals surface area contributed by atoms with Gasteiger partial charge in [-0.05, 0) is 40.3 Å². The quantitative estimate of drug-likeness (QED) is 0.735. The van der Waals surface area contributed by atoms with Gasteiger partial charge in [-0.25, -0.2) is 0 Å². The van der Waals surface area contributed by atoms with Gasteiger partial charge < -0.3 is 5.02 Å². The second-order valence-electron chi connectivity index (χ2n) is 6.75. The van der Waals surface area contributed by atoms with Crippen LogP contribution in [0, 0.1) is 0 Å². The Hall–Kier alpha value is -0.755. The highest BCUT2D eigenvalue weighted by molar-refractivity contribution is 6.64. The lowest BCUT2D eigenvalue weighted by Gasteiger charge is -2.42. The summed E-state index contributed by atoms with van der Waals surface area (Å²) in [6, 6.07) is 6.51. The van der Waals surface area contributed by atoms with Crippen molar-refractivity contribution in [2.75, 3.05) is 0 Å². The molecule has 0 spiro atoms. The van der Waals surface area contributed by atoms with Gasteiger partial charge in [-0.1, -0.05) is 52.7 Å². The molecular weight excluding hydrogens is 207 g/mol. The molecule has 1 aliphatic rings. The molecule has 0 saturated heterocycles. The molecule has 1 N–H and O–H groups in total. The Kier molecular flexibility index (Phi) is 2.90. The standard InChI is InChI=1S/C15H23BO/c1-14(2)8-9-15(3,4)13-10-11(16(5)17)6-7-12(13)14/h6-7,10,17H,8-9H2,1-5H3. The van der Waals surface area contributed by atoms with Crippen molar-refractivity contribution in [1.82, 2.24) is 0 Å². The van der Waals surface area contributed by atoms with Crippen LogP contribution in [0.1, 0.15) is 51.7 Å². The fraction of sp³-hybridized carbons (Fsp3) is 0.600. The topological polar surface area (TPSA) is 20.2 Å². The van der Waals surface area contributed by atoms with E-state index >= 15 is 0 Å². The molecule has 1 aliphatic carbocycles. The van der Waals surface area contributed by atoms with Gasteiger partial charge in [0.05, 0.1) is 0 Å². The van der Waals surface area contributed by atoms with Gasteiger partial charge in [-0.3, -0.25) is 0 Å². The molecule has 0 amide bonds. The van der Waals surface area contributed by atoms with Gasteiger partial charge in [-0.15, -0.1) is 0 Å². The maximum absolute atomic E-state index is 9.73. The molecule has 0 unspecified atom stereocenters. The Morgan fingerprint density at radius 3 is 2.06 bits per heavy atom. The second kappa shape index (κ2) is 3.88. The van der Waals surface area contributed by atoms with Crippen molar-refractivity contribution in [1.29, 1.82) is 0 Å². The van der Waals surface area contributed by atoms with Crippen molar-refractivity contribution < 1.29 is 5.02 Å². The van der Waals surface area contributed by atoms with Crippen LogP contribution < -0.4 is 5.46 Å². The maximum atomic E-state index is 9.73. The first-order valence-electron chi connectivity index (χ1n) is 6.57. The van der Waals surface area contributed by atoms with Crippen molar-refractivity contribution in [2.24, 2.45) is 0 Å². The molecule has 0 radical (unpaired) electrons. The summed E-state index contributed by atoms with van der Waals surface area (Å²) in [5, 5.41) is 9.73. The average Bonchev–Trinajstić information content (AvgIpc) is 2.24. The zero-order valence-corrected chi connectivity index (χ0v) is 11.7. The normalized spacial score (nSPS) is 20.8. The highest BCUT2D eigenvalue weighted by Gasteiger charge is 2.37. The summed E-state index contributed by atoms with van der Waals surface area (Å²) in [6.07, 6.45) is 2.46. The summed E-state index contributed by atoms with van der Waals surface area (Å²) in [6.45, 7) is 10.7. The van der Waals surface area contributed by atoms with E-state index in [0.29, 0.717) is 0 Å². The van der Waals surface area contributed by atoms with Crippen LogP contribution in [-0.4, -0.2) is 11.9 Å². The number of rotatable bonds is 1. The summed E-state index contributed by atoms with van der Waals surface area (Å²) >= 11 is 0. The number of hydrogen-bond donors (Lipinski definition) is 1. The average molecular weight is 230 g/mol. The lowest BCUT2D eigenvalue weighted by atomic mass is 9.58. The first kappa shape index (κ1) is 12.7. The molecule has 0 fully saturated rings. The first-order chi connectivity index (χ1) is 7.74. The van der Waals surface area contributed by atoms with Gasteiger partial charge in [-0.2, -0.15) is 0 Å². The lowest BCUT2D eigenvalue weighted by Crippen LogP contribution is -2.37. The minimum absolute atomic E-state index is 0.232. The van der Waals surface area contributed by atoms with Gasteiger partial charge >= 0.3 is 6.92 Å². The molecule has 2 rings (SSSR count). The summed E-state index contributed by atoms with van der Waals surface area (Å²) in [4.78, 5) is 0. The Labute approximate surface area is 105 Å². The van der Waals surface area contributed by atoms with E-state index in [1.807, 2.05) is 6.82 Å². The van der Waals surface area contributed by atoms with Gasteiger partial charge in [0.1, 0.15) is 0 Å². The summed E-state index contributed by atoms with van der Waals surface area (Å²) < 4.78 is 0. The molecule has 0 aromatic heterocycles. The van der Waals surface area contributed by atoms with Crippen molar-refractivity contribution in [3.8, 4) is 0 Å². The van der Waals surface area contributed by atoms with Crippen molar-refractivity contribution >= 4 is 12.4 Å². The van der Waals surface area contributed by atoms with E-state index in [0.717, 1.165) is 5.46 Å². The molecule has 0 heterocycles. The predicted octanol–water partition coefficient (Wildman–Crippen LogP) is 2.86. The van der Waals surface area contributed by atoms with Crippen molar-refractivity contribution in [3.63, 3.8) is 0 Å². The Morgan fingerprint density at radius 2 is 1.53 bits per heavy atom. The smallest absolute Gasteiger partial charge is 0.320 e. The van der Waals surface area contributed by atoms with E-state index in [9.17, 15) is 5.02 Å². The molecular formula is C15H23BO. The van der Waals surface area contributed by atoms with Gasteiger partial charge in [0.2, 0.25) is 0 Å².